The summed E-state index contributed by atoms with van der Waals surface area (Å²) in [6.45, 7) is 2.76. The maximum atomic E-state index is 13.0. The fraction of sp³-hybridized carbons (Fsp3) is 0.389. The minimum atomic E-state index is 0.0755. The zero-order valence-corrected chi connectivity index (χ0v) is 14.2. The Hall–Kier alpha value is -2.63. The summed E-state index contributed by atoms with van der Waals surface area (Å²) in [7, 11) is 3.90. The van der Waals surface area contributed by atoms with Crippen molar-refractivity contribution in [2.24, 2.45) is 14.1 Å². The predicted octanol–water partition coefficient (Wildman–Crippen LogP) is 2.59. The van der Waals surface area contributed by atoms with Crippen LogP contribution in [0.1, 0.15) is 40.6 Å². The first-order valence-electron chi connectivity index (χ1n) is 8.27. The van der Waals surface area contributed by atoms with Crippen LogP contribution in [0.25, 0.3) is 11.0 Å². The van der Waals surface area contributed by atoms with Crippen LogP contribution in [0.15, 0.2) is 30.6 Å². The van der Waals surface area contributed by atoms with E-state index < -0.39 is 0 Å². The molecule has 3 heterocycles. The van der Waals surface area contributed by atoms with Crippen LogP contribution in [-0.2, 0) is 14.1 Å². The fourth-order valence-electron chi connectivity index (χ4n) is 3.59. The molecule has 1 aliphatic heterocycles. The van der Waals surface area contributed by atoms with E-state index in [2.05, 4.69) is 10.1 Å². The number of carbonyl (C=O) groups excluding carboxylic acids is 1. The number of fused-ring (bicyclic) bond motifs is 1. The molecular weight excluding hydrogens is 302 g/mol. The molecule has 1 aromatic carbocycles. The Bertz CT molecular complexity index is 923. The summed E-state index contributed by atoms with van der Waals surface area (Å²) in [6, 6.07) is 5.91. The van der Waals surface area contributed by atoms with Gasteiger partial charge in [-0.05, 0) is 38.0 Å². The van der Waals surface area contributed by atoms with Gasteiger partial charge in [-0.15, -0.1) is 0 Å². The van der Waals surface area contributed by atoms with Gasteiger partial charge in [0, 0.05) is 38.0 Å². The summed E-state index contributed by atoms with van der Waals surface area (Å²) in [6.07, 6.45) is 5.88. The molecule has 24 heavy (non-hydrogen) atoms. The average molecular weight is 323 g/mol. The summed E-state index contributed by atoms with van der Waals surface area (Å²) in [5.41, 5.74) is 3.74. The van der Waals surface area contributed by atoms with Gasteiger partial charge in [0.25, 0.3) is 5.91 Å². The summed E-state index contributed by atoms with van der Waals surface area (Å²) < 4.78 is 3.83. The third-order valence-corrected chi connectivity index (χ3v) is 4.97. The molecule has 1 unspecified atom stereocenters. The van der Waals surface area contributed by atoms with Crippen molar-refractivity contribution in [3.05, 3.63) is 47.5 Å². The van der Waals surface area contributed by atoms with E-state index in [1.54, 1.807) is 4.68 Å². The Balaban J connectivity index is 1.67. The van der Waals surface area contributed by atoms with E-state index >= 15 is 0 Å². The normalized spacial score (nSPS) is 17.8. The lowest BCUT2D eigenvalue weighted by Crippen LogP contribution is -2.30. The van der Waals surface area contributed by atoms with Gasteiger partial charge in [-0.25, -0.2) is 4.98 Å². The van der Waals surface area contributed by atoms with Crippen LogP contribution in [0.2, 0.25) is 0 Å². The van der Waals surface area contributed by atoms with Crippen LogP contribution in [0.3, 0.4) is 0 Å². The third-order valence-electron chi connectivity index (χ3n) is 4.97. The number of hydrogen-bond acceptors (Lipinski definition) is 3. The summed E-state index contributed by atoms with van der Waals surface area (Å²) >= 11 is 0. The molecule has 0 N–H and O–H groups in total. The number of likely N-dealkylation sites (tertiary alicyclic amines) is 1. The largest absolute Gasteiger partial charge is 0.331 e. The van der Waals surface area contributed by atoms with Crippen molar-refractivity contribution in [3.8, 4) is 0 Å². The van der Waals surface area contributed by atoms with Crippen LogP contribution in [0, 0.1) is 6.92 Å². The minimum absolute atomic E-state index is 0.0755. The van der Waals surface area contributed by atoms with E-state index in [1.165, 1.54) is 0 Å². The lowest BCUT2D eigenvalue weighted by atomic mass is 10.1. The quantitative estimate of drug-likeness (QED) is 0.728. The van der Waals surface area contributed by atoms with Gasteiger partial charge in [0.1, 0.15) is 5.82 Å². The van der Waals surface area contributed by atoms with Crippen LogP contribution in [0.5, 0.6) is 0 Å². The maximum Gasteiger partial charge on any atom is 0.254 e. The Morgan fingerprint density at radius 3 is 2.88 bits per heavy atom. The Kier molecular flexibility index (Phi) is 3.40. The van der Waals surface area contributed by atoms with Gasteiger partial charge in [0.2, 0.25) is 0 Å². The molecule has 0 saturated carbocycles. The predicted molar refractivity (Wildman–Crippen MR) is 91.7 cm³/mol. The summed E-state index contributed by atoms with van der Waals surface area (Å²) in [4.78, 5) is 19.5. The fourth-order valence-corrected chi connectivity index (χ4v) is 3.59. The van der Waals surface area contributed by atoms with E-state index in [0.717, 1.165) is 41.8 Å². The second-order valence-electron chi connectivity index (χ2n) is 6.53. The molecule has 4 rings (SSSR count). The molecule has 0 radical (unpaired) electrons. The van der Waals surface area contributed by atoms with E-state index in [0.29, 0.717) is 5.56 Å². The first-order valence-corrected chi connectivity index (χ1v) is 8.27. The number of amides is 1. The number of hydrogen-bond donors (Lipinski definition) is 0. The van der Waals surface area contributed by atoms with E-state index in [1.807, 2.05) is 61.1 Å². The first kappa shape index (κ1) is 14.9. The Morgan fingerprint density at radius 1 is 1.29 bits per heavy atom. The van der Waals surface area contributed by atoms with Crippen molar-refractivity contribution in [2.75, 3.05) is 6.54 Å². The summed E-state index contributed by atoms with van der Waals surface area (Å²) in [5.74, 6) is 1.02. The Morgan fingerprint density at radius 2 is 2.12 bits per heavy atom. The van der Waals surface area contributed by atoms with E-state index in [4.69, 9.17) is 0 Å². The van der Waals surface area contributed by atoms with Gasteiger partial charge >= 0.3 is 0 Å². The van der Waals surface area contributed by atoms with Gasteiger partial charge < -0.3 is 9.47 Å². The summed E-state index contributed by atoms with van der Waals surface area (Å²) in [5, 5.41) is 4.25. The molecule has 1 aliphatic rings. The number of benzene rings is 1. The smallest absolute Gasteiger partial charge is 0.254 e. The minimum Gasteiger partial charge on any atom is -0.331 e. The second-order valence-corrected chi connectivity index (χ2v) is 6.53. The van der Waals surface area contributed by atoms with Gasteiger partial charge in [-0.1, -0.05) is 0 Å². The molecule has 0 aliphatic carbocycles. The van der Waals surface area contributed by atoms with Crippen LogP contribution < -0.4 is 0 Å². The lowest BCUT2D eigenvalue weighted by Gasteiger charge is -2.24. The first-order chi connectivity index (χ1) is 11.5. The molecule has 3 aromatic rings. The number of rotatable bonds is 2. The van der Waals surface area contributed by atoms with Gasteiger partial charge in [0.15, 0.2) is 0 Å². The highest BCUT2D eigenvalue weighted by Gasteiger charge is 2.31. The van der Waals surface area contributed by atoms with Crippen molar-refractivity contribution >= 4 is 16.9 Å². The van der Waals surface area contributed by atoms with Crippen molar-refractivity contribution in [1.82, 2.24) is 24.2 Å². The van der Waals surface area contributed by atoms with Crippen molar-refractivity contribution in [3.63, 3.8) is 0 Å². The lowest BCUT2D eigenvalue weighted by molar-refractivity contribution is 0.0736. The third kappa shape index (κ3) is 2.29. The number of imidazole rings is 1. The monoisotopic (exact) mass is 323 g/mol. The molecule has 6 heteroatoms. The standard InChI is InChI=1S/C18H21N5O/c1-12-20-15-9-13(6-7-17(15)22(12)3)18(24)23-8-4-5-16(23)14-10-19-21(2)11-14/h6-7,9-11,16H,4-5,8H2,1-3H3. The molecule has 0 bridgehead atoms. The van der Waals surface area contributed by atoms with Crippen molar-refractivity contribution in [2.45, 2.75) is 25.8 Å². The van der Waals surface area contributed by atoms with E-state index in [-0.39, 0.29) is 11.9 Å². The molecule has 124 valence electrons. The van der Waals surface area contributed by atoms with Gasteiger partial charge in [0.05, 0.1) is 23.3 Å². The molecule has 1 atom stereocenters. The molecule has 1 amide bonds. The van der Waals surface area contributed by atoms with Crippen molar-refractivity contribution in [1.29, 1.82) is 0 Å². The zero-order valence-electron chi connectivity index (χ0n) is 14.2. The number of aromatic nitrogens is 4. The number of carbonyl (C=O) groups is 1. The van der Waals surface area contributed by atoms with Crippen LogP contribution >= 0.6 is 0 Å². The molecule has 2 aromatic heterocycles. The SMILES string of the molecule is Cc1nc2cc(C(=O)N3CCCC3c3cnn(C)c3)ccc2n1C. The number of nitrogens with zero attached hydrogens (tertiary/aromatic N) is 5. The topological polar surface area (TPSA) is 56.0 Å². The molecular formula is C18H21N5O. The second kappa shape index (κ2) is 5.47. The number of aryl methyl sites for hydroxylation is 3. The maximum absolute atomic E-state index is 13.0. The average Bonchev–Trinajstić information content (AvgIpc) is 3.27. The molecule has 6 nitrogen and oxygen atoms in total. The Labute approximate surface area is 140 Å². The molecule has 1 fully saturated rings. The highest BCUT2D eigenvalue weighted by Crippen LogP contribution is 2.33. The highest BCUT2D eigenvalue weighted by atomic mass is 16.2. The van der Waals surface area contributed by atoms with Crippen LogP contribution in [0.4, 0.5) is 0 Å². The van der Waals surface area contributed by atoms with E-state index in [9.17, 15) is 4.79 Å². The van der Waals surface area contributed by atoms with Gasteiger partial charge in [-0.2, -0.15) is 5.10 Å². The zero-order chi connectivity index (χ0) is 16.8. The van der Waals surface area contributed by atoms with Crippen molar-refractivity contribution < 1.29 is 4.79 Å². The molecule has 0 spiro atoms. The van der Waals surface area contributed by atoms with Crippen LogP contribution in [-0.4, -0.2) is 36.7 Å². The van der Waals surface area contributed by atoms with Gasteiger partial charge in [-0.3, -0.25) is 9.48 Å². The molecule has 1 saturated heterocycles. The highest BCUT2D eigenvalue weighted by molar-refractivity contribution is 5.97.